The van der Waals surface area contributed by atoms with Gasteiger partial charge in [0, 0.05) is 69.2 Å². The fraction of sp³-hybridized carbons (Fsp3) is 0.556. The van der Waals surface area contributed by atoms with Crippen LogP contribution in [0.2, 0.25) is 0 Å². The molecular weight excluding hydrogens is 485 g/mol. The first-order valence-electron chi connectivity index (χ1n) is 12.9. The molecule has 7 nitrogen and oxygen atoms in total. The molecule has 1 N–H and O–H groups in total. The van der Waals surface area contributed by atoms with Crippen molar-refractivity contribution >= 4 is 17.5 Å². The van der Waals surface area contributed by atoms with E-state index in [1.54, 1.807) is 6.92 Å². The lowest BCUT2D eigenvalue weighted by Gasteiger charge is -2.32. The Kier molecular flexibility index (Phi) is 8.59. The van der Waals surface area contributed by atoms with E-state index in [9.17, 15) is 22.8 Å². The summed E-state index contributed by atoms with van der Waals surface area (Å²) >= 11 is 0. The highest BCUT2D eigenvalue weighted by molar-refractivity contribution is 6.05. The highest BCUT2D eigenvalue weighted by atomic mass is 19.4. The number of piperidine rings is 1. The van der Waals surface area contributed by atoms with Crippen molar-refractivity contribution in [2.45, 2.75) is 51.7 Å². The Morgan fingerprint density at radius 2 is 1.76 bits per heavy atom. The van der Waals surface area contributed by atoms with E-state index in [0.29, 0.717) is 18.7 Å². The summed E-state index contributed by atoms with van der Waals surface area (Å²) < 4.78 is 47.0. The first kappa shape index (κ1) is 27.2. The van der Waals surface area contributed by atoms with Crippen LogP contribution in [-0.2, 0) is 22.3 Å². The second-order valence-corrected chi connectivity index (χ2v) is 9.84. The molecule has 2 amide bonds. The molecule has 2 aliphatic heterocycles. The molecule has 10 heteroatoms. The predicted molar refractivity (Wildman–Crippen MR) is 135 cm³/mol. The summed E-state index contributed by atoms with van der Waals surface area (Å²) in [7, 11) is 0. The van der Waals surface area contributed by atoms with Gasteiger partial charge < -0.3 is 19.5 Å². The van der Waals surface area contributed by atoms with Crippen LogP contribution in [0, 0.1) is 6.92 Å². The average Bonchev–Trinajstić information content (AvgIpc) is 3.20. The standard InChI is InChI=1S/C27H35F3N4O3/c1-19-24(26(36)31-23-6-3-5-22(17-23)27(28,29)30)18-25(21-7-11-33(12-8-21)20(2)35)34(19)10-4-9-32-13-15-37-16-14-32/h3,5-6,17-18,21H,4,7-16H2,1-2H3,(H,31,36). The molecule has 3 heterocycles. The number of nitrogens with zero attached hydrogens (tertiary/aromatic N) is 3. The molecule has 2 fully saturated rings. The van der Waals surface area contributed by atoms with Crippen molar-refractivity contribution in [3.63, 3.8) is 0 Å². The van der Waals surface area contributed by atoms with Crippen LogP contribution in [0.4, 0.5) is 18.9 Å². The van der Waals surface area contributed by atoms with Crippen molar-refractivity contribution in [3.8, 4) is 0 Å². The normalized spacial score (nSPS) is 17.7. The molecule has 0 spiro atoms. The Labute approximate surface area is 215 Å². The van der Waals surface area contributed by atoms with Gasteiger partial charge >= 0.3 is 6.18 Å². The van der Waals surface area contributed by atoms with Gasteiger partial charge in [-0.15, -0.1) is 0 Å². The van der Waals surface area contributed by atoms with Crippen LogP contribution in [0.1, 0.15) is 59.4 Å². The summed E-state index contributed by atoms with van der Waals surface area (Å²) in [6, 6.07) is 6.57. The van der Waals surface area contributed by atoms with Gasteiger partial charge in [-0.25, -0.2) is 0 Å². The highest BCUT2D eigenvalue weighted by Crippen LogP contribution is 2.33. The van der Waals surface area contributed by atoms with Crippen LogP contribution in [0.15, 0.2) is 30.3 Å². The molecule has 0 saturated carbocycles. The van der Waals surface area contributed by atoms with Crippen molar-refractivity contribution in [2.24, 2.45) is 0 Å². The number of likely N-dealkylation sites (tertiary alicyclic amines) is 1. The number of hydrogen-bond acceptors (Lipinski definition) is 4. The molecular formula is C27H35F3N4O3. The summed E-state index contributed by atoms with van der Waals surface area (Å²) in [6.45, 7) is 9.77. The minimum absolute atomic E-state index is 0.0664. The average molecular weight is 521 g/mol. The number of morpholine rings is 1. The van der Waals surface area contributed by atoms with Crippen molar-refractivity contribution < 1.29 is 27.5 Å². The van der Waals surface area contributed by atoms with Gasteiger partial charge in [0.25, 0.3) is 5.91 Å². The minimum atomic E-state index is -4.48. The number of carbonyl (C=O) groups excluding carboxylic acids is 2. The van der Waals surface area contributed by atoms with Crippen molar-refractivity contribution in [1.82, 2.24) is 14.4 Å². The van der Waals surface area contributed by atoms with E-state index in [1.807, 2.05) is 17.9 Å². The maximum Gasteiger partial charge on any atom is 0.416 e. The molecule has 2 saturated heterocycles. The summed E-state index contributed by atoms with van der Waals surface area (Å²) in [4.78, 5) is 29.2. The lowest BCUT2D eigenvalue weighted by atomic mass is 9.93. The van der Waals surface area contributed by atoms with Gasteiger partial charge in [-0.1, -0.05) is 6.07 Å². The van der Waals surface area contributed by atoms with E-state index in [2.05, 4.69) is 14.8 Å². The van der Waals surface area contributed by atoms with E-state index >= 15 is 0 Å². The molecule has 2 aromatic rings. The molecule has 2 aliphatic rings. The smallest absolute Gasteiger partial charge is 0.379 e. The second kappa shape index (κ2) is 11.7. The summed E-state index contributed by atoms with van der Waals surface area (Å²) in [6.07, 6.45) is -1.96. The number of amides is 2. The third kappa shape index (κ3) is 6.73. The zero-order valence-corrected chi connectivity index (χ0v) is 21.4. The number of halogens is 3. The number of benzene rings is 1. The first-order chi connectivity index (χ1) is 17.6. The van der Waals surface area contributed by atoms with Gasteiger partial charge in [0.1, 0.15) is 0 Å². The molecule has 1 aromatic heterocycles. The number of anilines is 1. The fourth-order valence-corrected chi connectivity index (χ4v) is 5.27. The monoisotopic (exact) mass is 520 g/mol. The van der Waals surface area contributed by atoms with E-state index < -0.39 is 17.6 Å². The largest absolute Gasteiger partial charge is 0.416 e. The maximum atomic E-state index is 13.2. The van der Waals surface area contributed by atoms with Crippen LogP contribution < -0.4 is 5.32 Å². The Hall–Kier alpha value is -2.85. The van der Waals surface area contributed by atoms with Gasteiger partial charge in [0.2, 0.25) is 5.91 Å². The molecule has 202 valence electrons. The van der Waals surface area contributed by atoms with Crippen LogP contribution in [0.25, 0.3) is 0 Å². The van der Waals surface area contributed by atoms with E-state index in [1.165, 1.54) is 12.1 Å². The van der Waals surface area contributed by atoms with Crippen molar-refractivity contribution in [3.05, 3.63) is 52.8 Å². The number of alkyl halides is 3. The molecule has 37 heavy (non-hydrogen) atoms. The topological polar surface area (TPSA) is 66.8 Å². The predicted octanol–water partition coefficient (Wildman–Crippen LogP) is 4.52. The lowest BCUT2D eigenvalue weighted by molar-refractivity contribution is -0.137. The summed E-state index contributed by atoms with van der Waals surface area (Å²) in [5, 5.41) is 2.66. The van der Waals surface area contributed by atoms with Gasteiger partial charge in [-0.3, -0.25) is 14.5 Å². The van der Waals surface area contributed by atoms with Crippen molar-refractivity contribution in [1.29, 1.82) is 0 Å². The Morgan fingerprint density at radius 1 is 1.05 bits per heavy atom. The van der Waals surface area contributed by atoms with Crippen molar-refractivity contribution in [2.75, 3.05) is 51.3 Å². The fourth-order valence-electron chi connectivity index (χ4n) is 5.27. The molecule has 0 bridgehead atoms. The molecule has 0 atom stereocenters. The highest BCUT2D eigenvalue weighted by Gasteiger charge is 2.31. The lowest BCUT2D eigenvalue weighted by Crippen LogP contribution is -2.37. The zero-order chi connectivity index (χ0) is 26.6. The zero-order valence-electron chi connectivity index (χ0n) is 21.4. The van der Waals surface area contributed by atoms with E-state index in [-0.39, 0.29) is 17.5 Å². The van der Waals surface area contributed by atoms with E-state index in [4.69, 9.17) is 4.74 Å². The number of carbonyl (C=O) groups is 2. The maximum absolute atomic E-state index is 13.2. The Balaban J connectivity index is 1.54. The Bertz CT molecular complexity index is 1100. The number of nitrogens with one attached hydrogen (secondary N) is 1. The third-order valence-electron chi connectivity index (χ3n) is 7.41. The van der Waals surface area contributed by atoms with Crippen LogP contribution in [-0.4, -0.2) is 72.1 Å². The third-order valence-corrected chi connectivity index (χ3v) is 7.41. The Morgan fingerprint density at radius 3 is 2.41 bits per heavy atom. The number of rotatable bonds is 7. The number of hydrogen-bond donors (Lipinski definition) is 1. The molecule has 0 radical (unpaired) electrons. The van der Waals surface area contributed by atoms with E-state index in [0.717, 1.165) is 82.2 Å². The number of ether oxygens (including phenoxy) is 1. The first-order valence-corrected chi connectivity index (χ1v) is 12.9. The summed E-state index contributed by atoms with van der Waals surface area (Å²) in [5.74, 6) is -0.157. The minimum Gasteiger partial charge on any atom is -0.379 e. The SMILES string of the molecule is CC(=O)N1CCC(c2cc(C(=O)Nc3cccc(C(F)(F)F)c3)c(C)n2CCCN2CCOCC2)CC1. The van der Waals surface area contributed by atoms with Crippen LogP contribution in [0.3, 0.4) is 0 Å². The van der Waals surface area contributed by atoms with Gasteiger partial charge in [-0.05, 0) is 50.5 Å². The molecule has 4 rings (SSSR count). The molecule has 1 aromatic carbocycles. The van der Waals surface area contributed by atoms with Crippen LogP contribution >= 0.6 is 0 Å². The molecule has 0 unspecified atom stereocenters. The quantitative estimate of drug-likeness (QED) is 0.583. The second-order valence-electron chi connectivity index (χ2n) is 9.84. The molecule has 0 aliphatic carbocycles. The van der Waals surface area contributed by atoms with Gasteiger partial charge in [0.05, 0.1) is 24.3 Å². The van der Waals surface area contributed by atoms with Crippen LogP contribution in [0.5, 0.6) is 0 Å². The number of aromatic nitrogens is 1. The van der Waals surface area contributed by atoms with Gasteiger partial charge in [-0.2, -0.15) is 13.2 Å². The summed E-state index contributed by atoms with van der Waals surface area (Å²) in [5.41, 5.74) is 1.62. The van der Waals surface area contributed by atoms with Gasteiger partial charge in [0.15, 0.2) is 0 Å².